The molecule has 1 atom stereocenters. The van der Waals surface area contributed by atoms with E-state index < -0.39 is 8.07 Å². The Morgan fingerprint density at radius 2 is 1.46 bits per heavy atom. The number of hydrogen-bond acceptors (Lipinski definition) is 0. The van der Waals surface area contributed by atoms with Crippen LogP contribution in [0.5, 0.6) is 0 Å². The molecule has 0 spiro atoms. The molecule has 1 aliphatic rings. The van der Waals surface area contributed by atoms with Gasteiger partial charge < -0.3 is 37.2 Å². The van der Waals surface area contributed by atoms with Crippen LogP contribution in [0.4, 0.5) is 0 Å². The zero-order chi connectivity index (χ0) is 16.8. The fourth-order valence-electron chi connectivity index (χ4n) is 3.77. The van der Waals surface area contributed by atoms with Gasteiger partial charge in [0.2, 0.25) is 0 Å². The summed E-state index contributed by atoms with van der Waals surface area (Å²) in [5.41, 5.74) is 2.93. The third kappa shape index (κ3) is 7.20. The van der Waals surface area contributed by atoms with Crippen molar-refractivity contribution in [2.24, 2.45) is 0 Å². The molecule has 0 heterocycles. The summed E-state index contributed by atoms with van der Waals surface area (Å²) in [5, 5.41) is 3.12. The van der Waals surface area contributed by atoms with E-state index in [1.165, 1.54) is 30.0 Å². The molecule has 1 aliphatic carbocycles. The number of benzene rings is 2. The van der Waals surface area contributed by atoms with Crippen molar-refractivity contribution in [1.82, 2.24) is 0 Å². The van der Waals surface area contributed by atoms with Crippen molar-refractivity contribution in [3.63, 3.8) is 0 Å². The molecule has 148 valence electrons. The smallest absolute Gasteiger partial charge is 1.00 e. The molecule has 0 fully saturated rings. The molecule has 0 aliphatic heterocycles. The van der Waals surface area contributed by atoms with E-state index in [-0.39, 0.29) is 58.9 Å². The molecule has 3 rings (SSSR count). The maximum atomic E-state index is 3.76. The van der Waals surface area contributed by atoms with Crippen LogP contribution < -0.4 is 42.4 Å². The van der Waals surface area contributed by atoms with E-state index in [1.54, 1.807) is 10.4 Å². The summed E-state index contributed by atoms with van der Waals surface area (Å²) in [6, 6.07) is 23.4. The summed E-state index contributed by atoms with van der Waals surface area (Å²) in [5.74, 6) is 0. The molecule has 1 unspecified atom stereocenters. The van der Waals surface area contributed by atoms with Crippen molar-refractivity contribution in [3.05, 3.63) is 89.1 Å². The van der Waals surface area contributed by atoms with E-state index in [2.05, 4.69) is 86.3 Å². The van der Waals surface area contributed by atoms with Gasteiger partial charge >= 0.3 is 21.7 Å². The molecule has 0 N–H and O–H groups in total. The van der Waals surface area contributed by atoms with Gasteiger partial charge in [-0.1, -0.05) is 110 Å². The summed E-state index contributed by atoms with van der Waals surface area (Å²) < 4.78 is 0. The second kappa shape index (κ2) is 14.7. The van der Waals surface area contributed by atoms with Gasteiger partial charge in [-0.15, -0.1) is 6.42 Å². The maximum Gasteiger partial charge on any atom is 4.00 e. The monoisotopic (exact) mass is 484 g/mol. The zero-order valence-corrected chi connectivity index (χ0v) is 21.3. The van der Waals surface area contributed by atoms with Crippen LogP contribution in [0.25, 0.3) is 0 Å². The summed E-state index contributed by atoms with van der Waals surface area (Å²) in [4.78, 5) is 0. The Morgan fingerprint density at radius 1 is 0.893 bits per heavy atom. The second-order valence-corrected chi connectivity index (χ2v) is 11.2. The molecular weight excluding hydrogens is 459 g/mol. The van der Waals surface area contributed by atoms with Crippen LogP contribution in [-0.4, -0.2) is 8.07 Å². The number of unbranched alkanes of at least 4 members (excludes halogenated alkanes) is 1. The van der Waals surface area contributed by atoms with Crippen LogP contribution in [0.15, 0.2) is 77.5 Å². The second-order valence-electron chi connectivity index (χ2n) is 6.95. The maximum absolute atomic E-state index is 3.76. The topological polar surface area (TPSA) is 0 Å². The van der Waals surface area contributed by atoms with Crippen molar-refractivity contribution >= 4 is 13.3 Å². The number of rotatable bonds is 7. The van der Waals surface area contributed by atoms with E-state index >= 15 is 0 Å². The zero-order valence-electron chi connectivity index (χ0n) is 16.5. The first-order chi connectivity index (χ1) is 11.7. The Hall–Kier alpha value is -0.279. The molecule has 0 bridgehead atoms. The van der Waals surface area contributed by atoms with Crippen LogP contribution >= 0.6 is 0 Å². The third-order valence-corrected chi connectivity index (χ3v) is 9.74. The third-order valence-electron chi connectivity index (χ3n) is 5.18. The molecule has 0 saturated carbocycles. The molecule has 0 aromatic heterocycles. The van der Waals surface area contributed by atoms with Gasteiger partial charge in [0.1, 0.15) is 0 Å². The first kappa shape index (κ1) is 29.9. The van der Waals surface area contributed by atoms with Gasteiger partial charge in [0.05, 0.1) is 8.07 Å². The first-order valence-electron chi connectivity index (χ1n) is 9.14. The normalized spacial score (nSPS) is 14.1. The van der Waals surface area contributed by atoms with Crippen molar-refractivity contribution in [1.29, 1.82) is 0 Å². The minimum atomic E-state index is -1.69. The summed E-state index contributed by atoms with van der Waals surface area (Å²) in [6.07, 6.45) is 10.8. The van der Waals surface area contributed by atoms with Crippen molar-refractivity contribution in [2.75, 3.05) is 0 Å². The number of hydrogen-bond donors (Lipinski definition) is 0. The number of allylic oxidation sites excluding steroid dienone is 4. The van der Waals surface area contributed by atoms with E-state index in [4.69, 9.17) is 0 Å². The van der Waals surface area contributed by atoms with Crippen molar-refractivity contribution in [2.45, 2.75) is 45.2 Å². The molecule has 2 aromatic carbocycles. The summed E-state index contributed by atoms with van der Waals surface area (Å²) in [7, 11) is -1.69. The van der Waals surface area contributed by atoms with Crippen LogP contribution in [-0.2, 0) is 28.1 Å². The van der Waals surface area contributed by atoms with Gasteiger partial charge in [-0.25, -0.2) is 5.20 Å². The standard InChI is InChI=1S/C23H27Si.3ClH.Ti/c1-3-4-18-24(2,22-15-9-6-10-16-22)23-17-11-14-21(23)19-20-12-7-5-8-13-20;;;;/h5-10,12-16H,3-4,11,18-19H2,1-2H3;3*1H;/q-1;;;;+4/p-3. The molecular formula is C23H27Cl3SiTi. The fourth-order valence-corrected chi connectivity index (χ4v) is 7.98. The molecule has 0 radical (unpaired) electrons. The van der Waals surface area contributed by atoms with Gasteiger partial charge in [0.25, 0.3) is 0 Å². The minimum Gasteiger partial charge on any atom is -1.00 e. The Labute approximate surface area is 205 Å². The van der Waals surface area contributed by atoms with E-state index in [0.717, 1.165) is 12.8 Å². The van der Waals surface area contributed by atoms with Gasteiger partial charge in [-0.2, -0.15) is 11.6 Å². The Kier molecular flexibility index (Phi) is 15.7. The van der Waals surface area contributed by atoms with Crippen molar-refractivity contribution < 1.29 is 58.9 Å². The molecule has 28 heavy (non-hydrogen) atoms. The predicted octanol–water partition coefficient (Wildman–Crippen LogP) is -3.38. The number of halogens is 3. The summed E-state index contributed by atoms with van der Waals surface area (Å²) >= 11 is 0. The predicted molar refractivity (Wildman–Crippen MR) is 107 cm³/mol. The quantitative estimate of drug-likeness (QED) is 0.284. The van der Waals surface area contributed by atoms with Crippen LogP contribution in [0.1, 0.15) is 31.7 Å². The largest absolute Gasteiger partial charge is 4.00 e. The molecule has 2 aromatic rings. The molecule has 0 saturated heterocycles. The molecule has 0 nitrogen and oxygen atoms in total. The van der Waals surface area contributed by atoms with Gasteiger partial charge in [0.15, 0.2) is 0 Å². The molecule has 5 heteroatoms. The van der Waals surface area contributed by atoms with E-state index in [0.29, 0.717) is 0 Å². The first-order valence-corrected chi connectivity index (χ1v) is 11.8. The van der Waals surface area contributed by atoms with E-state index in [1.807, 2.05) is 0 Å². The van der Waals surface area contributed by atoms with Crippen molar-refractivity contribution in [3.8, 4) is 0 Å². The SMILES string of the molecule is CCCC[Si](C)(C1=[C-]CC=C1Cc1ccccc1)c1ccccc1.[Cl-].[Cl-].[Cl-].[Ti+4]. The minimum absolute atomic E-state index is 0. The van der Waals surface area contributed by atoms with Crippen LogP contribution in [0, 0.1) is 6.08 Å². The average molecular weight is 486 g/mol. The van der Waals surface area contributed by atoms with Crippen LogP contribution in [0.3, 0.4) is 0 Å². The van der Waals surface area contributed by atoms with Gasteiger partial charge in [-0.3, -0.25) is 6.08 Å². The fraction of sp³-hybridized carbons (Fsp3) is 0.304. The molecule has 0 amide bonds. The van der Waals surface area contributed by atoms with E-state index in [9.17, 15) is 0 Å². The Balaban J connectivity index is 0. The summed E-state index contributed by atoms with van der Waals surface area (Å²) in [6.45, 7) is 4.84. The van der Waals surface area contributed by atoms with Crippen LogP contribution in [0.2, 0.25) is 12.6 Å². The average Bonchev–Trinajstić information content (AvgIpc) is 3.10. The Morgan fingerprint density at radius 3 is 2.04 bits per heavy atom. The Bertz CT molecular complexity index is 732. The van der Waals surface area contributed by atoms with Gasteiger partial charge in [-0.05, 0) is 0 Å². The van der Waals surface area contributed by atoms with Gasteiger partial charge in [0, 0.05) is 0 Å².